The van der Waals surface area contributed by atoms with E-state index in [4.69, 9.17) is 21.1 Å². The highest BCUT2D eigenvalue weighted by molar-refractivity contribution is 6.31. The van der Waals surface area contributed by atoms with Crippen LogP contribution in [0.1, 0.15) is 21.6 Å². The lowest BCUT2D eigenvalue weighted by Crippen LogP contribution is -2.23. The summed E-state index contributed by atoms with van der Waals surface area (Å²) in [4.78, 5) is 28.0. The van der Waals surface area contributed by atoms with Gasteiger partial charge in [0, 0.05) is 23.2 Å². The summed E-state index contributed by atoms with van der Waals surface area (Å²) >= 11 is 6.21. The van der Waals surface area contributed by atoms with Crippen molar-refractivity contribution in [3.05, 3.63) is 80.9 Å². The molecule has 0 fully saturated rings. The minimum Gasteiger partial charge on any atom is -0.493 e. The van der Waals surface area contributed by atoms with E-state index in [1.54, 1.807) is 38.6 Å². The Bertz CT molecular complexity index is 1380. The predicted octanol–water partition coefficient (Wildman–Crippen LogP) is 3.60. The summed E-state index contributed by atoms with van der Waals surface area (Å²) in [5, 5.41) is 7.68. The Morgan fingerprint density at radius 3 is 2.62 bits per heavy atom. The second-order valence-electron chi connectivity index (χ2n) is 7.19. The number of rotatable bonds is 6. The zero-order chi connectivity index (χ0) is 22.8. The molecule has 0 unspecified atom stereocenters. The van der Waals surface area contributed by atoms with Gasteiger partial charge in [-0.05, 0) is 36.2 Å². The SMILES string of the molecule is COc1ccc(CNC(=O)c2cc3c(=O)[nH]c(-c4ccc(C)c(Cl)c4)cn3n2)cc1OC. The molecule has 0 saturated heterocycles. The maximum Gasteiger partial charge on any atom is 0.274 e. The lowest BCUT2D eigenvalue weighted by molar-refractivity contribution is 0.0945. The van der Waals surface area contributed by atoms with Crippen LogP contribution in [0.5, 0.6) is 11.5 Å². The van der Waals surface area contributed by atoms with Crippen molar-refractivity contribution in [3.8, 4) is 22.8 Å². The zero-order valence-electron chi connectivity index (χ0n) is 17.7. The van der Waals surface area contributed by atoms with Crippen LogP contribution < -0.4 is 20.3 Å². The number of nitrogens with zero attached hydrogens (tertiary/aromatic N) is 2. The molecule has 4 aromatic rings. The quantitative estimate of drug-likeness (QED) is 0.466. The highest BCUT2D eigenvalue weighted by Crippen LogP contribution is 2.27. The van der Waals surface area contributed by atoms with Crippen molar-refractivity contribution in [2.75, 3.05) is 14.2 Å². The summed E-state index contributed by atoms with van der Waals surface area (Å²) in [5.74, 6) is 0.776. The van der Waals surface area contributed by atoms with Gasteiger partial charge < -0.3 is 19.8 Å². The van der Waals surface area contributed by atoms with E-state index in [1.807, 2.05) is 25.1 Å². The second-order valence-corrected chi connectivity index (χ2v) is 7.60. The molecule has 0 aliphatic heterocycles. The third-order valence-electron chi connectivity index (χ3n) is 5.08. The molecule has 164 valence electrons. The van der Waals surface area contributed by atoms with Crippen LogP contribution in [-0.4, -0.2) is 34.7 Å². The van der Waals surface area contributed by atoms with Crippen molar-refractivity contribution in [3.63, 3.8) is 0 Å². The number of halogens is 1. The number of hydrogen-bond donors (Lipinski definition) is 2. The number of amides is 1. The van der Waals surface area contributed by atoms with Gasteiger partial charge in [0.25, 0.3) is 11.5 Å². The highest BCUT2D eigenvalue weighted by Gasteiger charge is 2.15. The summed E-state index contributed by atoms with van der Waals surface area (Å²) < 4.78 is 11.9. The smallest absolute Gasteiger partial charge is 0.274 e. The average Bonchev–Trinajstić information content (AvgIpc) is 3.24. The fourth-order valence-electron chi connectivity index (χ4n) is 3.28. The van der Waals surface area contributed by atoms with Gasteiger partial charge in [-0.2, -0.15) is 5.10 Å². The molecule has 0 aliphatic carbocycles. The number of methoxy groups -OCH3 is 2. The first kappa shape index (κ1) is 21.5. The number of carbonyl (C=O) groups is 1. The molecule has 0 bridgehead atoms. The van der Waals surface area contributed by atoms with Crippen LogP contribution in [0.4, 0.5) is 0 Å². The Hall–Kier alpha value is -3.78. The molecule has 0 spiro atoms. The summed E-state index contributed by atoms with van der Waals surface area (Å²) in [6.07, 6.45) is 1.66. The molecule has 2 N–H and O–H groups in total. The molecular formula is C23H21ClN4O4. The van der Waals surface area contributed by atoms with E-state index in [9.17, 15) is 9.59 Å². The third kappa shape index (κ3) is 4.17. The van der Waals surface area contributed by atoms with Crippen LogP contribution in [0.2, 0.25) is 5.02 Å². The number of benzene rings is 2. The standard InChI is InChI=1S/C23H21ClN4O4/c1-13-4-6-15(9-16(13)24)18-12-28-19(23(30)26-18)10-17(27-28)22(29)25-11-14-5-7-20(31-2)21(8-14)32-3/h4-10,12H,11H2,1-3H3,(H,25,29)(H,26,30). The first-order valence-electron chi connectivity index (χ1n) is 9.78. The van der Waals surface area contributed by atoms with Gasteiger partial charge in [0.1, 0.15) is 5.52 Å². The van der Waals surface area contributed by atoms with Gasteiger partial charge in [0.2, 0.25) is 0 Å². The van der Waals surface area contributed by atoms with E-state index >= 15 is 0 Å². The number of hydrogen-bond acceptors (Lipinski definition) is 5. The molecule has 32 heavy (non-hydrogen) atoms. The molecule has 2 aromatic heterocycles. The minimum absolute atomic E-state index is 0.134. The van der Waals surface area contributed by atoms with Crippen LogP contribution in [0.15, 0.2) is 53.5 Å². The Balaban J connectivity index is 1.57. The van der Waals surface area contributed by atoms with Crippen molar-refractivity contribution in [2.45, 2.75) is 13.5 Å². The van der Waals surface area contributed by atoms with E-state index in [1.165, 1.54) is 10.6 Å². The van der Waals surface area contributed by atoms with Crippen molar-refractivity contribution in [1.82, 2.24) is 19.9 Å². The van der Waals surface area contributed by atoms with Gasteiger partial charge >= 0.3 is 0 Å². The van der Waals surface area contributed by atoms with Gasteiger partial charge in [-0.1, -0.05) is 29.8 Å². The number of aromatic nitrogens is 3. The normalized spacial score (nSPS) is 10.9. The third-order valence-corrected chi connectivity index (χ3v) is 5.49. The predicted molar refractivity (Wildman–Crippen MR) is 122 cm³/mol. The fraction of sp³-hybridized carbons (Fsp3) is 0.174. The number of aryl methyl sites for hydroxylation is 1. The van der Waals surface area contributed by atoms with E-state index in [0.29, 0.717) is 22.2 Å². The molecule has 0 radical (unpaired) electrons. The molecule has 8 nitrogen and oxygen atoms in total. The van der Waals surface area contributed by atoms with Gasteiger partial charge in [0.15, 0.2) is 17.2 Å². The molecule has 0 aliphatic rings. The number of H-pyrrole nitrogens is 1. The molecular weight excluding hydrogens is 432 g/mol. The topological polar surface area (TPSA) is 97.7 Å². The fourth-order valence-corrected chi connectivity index (χ4v) is 3.47. The van der Waals surface area contributed by atoms with Gasteiger partial charge in [-0.25, -0.2) is 4.52 Å². The van der Waals surface area contributed by atoms with Crippen LogP contribution in [0, 0.1) is 6.92 Å². The molecule has 4 rings (SSSR count). The summed E-state index contributed by atoms with van der Waals surface area (Å²) in [7, 11) is 3.11. The zero-order valence-corrected chi connectivity index (χ0v) is 18.5. The van der Waals surface area contributed by atoms with Crippen LogP contribution in [-0.2, 0) is 6.54 Å². The van der Waals surface area contributed by atoms with E-state index in [2.05, 4.69) is 15.4 Å². The monoisotopic (exact) mass is 452 g/mol. The Kier molecular flexibility index (Phi) is 5.87. The Morgan fingerprint density at radius 2 is 1.91 bits per heavy atom. The lowest BCUT2D eigenvalue weighted by Gasteiger charge is -2.10. The van der Waals surface area contributed by atoms with E-state index < -0.39 is 5.91 Å². The molecule has 9 heteroatoms. The van der Waals surface area contributed by atoms with Crippen LogP contribution in [0.25, 0.3) is 16.8 Å². The van der Waals surface area contributed by atoms with Crippen molar-refractivity contribution in [1.29, 1.82) is 0 Å². The average molecular weight is 453 g/mol. The molecule has 2 aromatic carbocycles. The Labute approximate surface area is 188 Å². The molecule has 1 amide bonds. The van der Waals surface area contributed by atoms with Crippen molar-refractivity contribution in [2.24, 2.45) is 0 Å². The molecule has 0 atom stereocenters. The highest BCUT2D eigenvalue weighted by atomic mass is 35.5. The van der Waals surface area contributed by atoms with Crippen LogP contribution >= 0.6 is 11.6 Å². The number of fused-ring (bicyclic) bond motifs is 1. The van der Waals surface area contributed by atoms with E-state index in [-0.39, 0.29) is 23.3 Å². The maximum absolute atomic E-state index is 12.6. The summed E-state index contributed by atoms with van der Waals surface area (Å²) in [5.41, 5.74) is 3.10. The van der Waals surface area contributed by atoms with Gasteiger partial charge in [0.05, 0.1) is 26.1 Å². The van der Waals surface area contributed by atoms with Crippen molar-refractivity contribution < 1.29 is 14.3 Å². The number of carbonyl (C=O) groups excluding carboxylic acids is 1. The maximum atomic E-state index is 12.6. The first-order valence-corrected chi connectivity index (χ1v) is 10.2. The number of aromatic amines is 1. The van der Waals surface area contributed by atoms with Crippen LogP contribution in [0.3, 0.4) is 0 Å². The first-order chi connectivity index (χ1) is 15.4. The number of ether oxygens (including phenoxy) is 2. The van der Waals surface area contributed by atoms with Gasteiger partial charge in [-0.15, -0.1) is 0 Å². The van der Waals surface area contributed by atoms with Gasteiger partial charge in [-0.3, -0.25) is 9.59 Å². The summed E-state index contributed by atoms with van der Waals surface area (Å²) in [6, 6.07) is 12.3. The largest absolute Gasteiger partial charge is 0.493 e. The van der Waals surface area contributed by atoms with E-state index in [0.717, 1.165) is 16.7 Å². The molecule has 0 saturated carbocycles. The lowest BCUT2D eigenvalue weighted by atomic mass is 10.1. The summed E-state index contributed by atoms with van der Waals surface area (Å²) in [6.45, 7) is 2.16. The number of nitrogens with one attached hydrogen (secondary N) is 2. The Morgan fingerprint density at radius 1 is 1.12 bits per heavy atom. The van der Waals surface area contributed by atoms with Crippen molar-refractivity contribution >= 4 is 23.0 Å². The second kappa shape index (κ2) is 8.76. The molecule has 2 heterocycles. The minimum atomic E-state index is -0.400.